The van der Waals surface area contributed by atoms with Gasteiger partial charge in [0.1, 0.15) is 5.82 Å². The molecular weight excluding hydrogens is 258 g/mol. The monoisotopic (exact) mass is 297 g/mol. The molecule has 1 aromatic heterocycles. The van der Waals surface area contributed by atoms with Crippen LogP contribution in [0.15, 0.2) is 0 Å². The van der Waals surface area contributed by atoms with Gasteiger partial charge in [-0.25, -0.2) is 4.98 Å². The van der Waals surface area contributed by atoms with E-state index in [0.717, 1.165) is 12.4 Å². The Labute approximate surface area is 133 Å². The predicted molar refractivity (Wildman–Crippen MR) is 96.2 cm³/mol. The maximum atomic E-state index is 4.50. The summed E-state index contributed by atoms with van der Waals surface area (Å²) in [6, 6.07) is 0. The highest BCUT2D eigenvalue weighted by Crippen LogP contribution is 2.11. The summed E-state index contributed by atoms with van der Waals surface area (Å²) in [6.45, 7) is 23.2. The maximum Gasteiger partial charge on any atom is 0.106 e. The molecule has 0 aliphatic carbocycles. The van der Waals surface area contributed by atoms with Crippen LogP contribution in [-0.4, -0.2) is 34.1 Å². The smallest absolute Gasteiger partial charge is 0.106 e. The van der Waals surface area contributed by atoms with Crippen molar-refractivity contribution in [1.82, 2.24) is 14.5 Å². The number of aryl methyl sites for hydroxylation is 2. The molecule has 0 saturated carbocycles. The Morgan fingerprint density at radius 1 is 0.810 bits per heavy atom. The van der Waals surface area contributed by atoms with Gasteiger partial charge < -0.3 is 9.47 Å². The van der Waals surface area contributed by atoms with E-state index in [1.165, 1.54) is 43.9 Å². The van der Waals surface area contributed by atoms with Crippen molar-refractivity contribution in [2.75, 3.05) is 19.6 Å². The van der Waals surface area contributed by atoms with Gasteiger partial charge in [-0.2, -0.15) is 0 Å². The summed E-state index contributed by atoms with van der Waals surface area (Å²) >= 11 is 0. The Morgan fingerprint density at radius 3 is 1.67 bits per heavy atom. The first-order chi connectivity index (χ1) is 10.2. The second-order valence-electron chi connectivity index (χ2n) is 4.53. The van der Waals surface area contributed by atoms with Gasteiger partial charge in [-0.05, 0) is 46.7 Å². The molecule has 2 rings (SSSR count). The zero-order valence-corrected chi connectivity index (χ0v) is 16.1. The molecule has 1 saturated heterocycles. The molecule has 2 heterocycles. The van der Waals surface area contributed by atoms with Crippen LogP contribution in [0.4, 0.5) is 0 Å². The Balaban J connectivity index is 0. The second kappa shape index (κ2) is 14.1. The molecule has 0 radical (unpaired) electrons. The molecule has 0 bridgehead atoms. The number of rotatable bonds is 3. The minimum atomic E-state index is 1.10. The van der Waals surface area contributed by atoms with Crippen LogP contribution in [0.25, 0.3) is 0 Å². The lowest BCUT2D eigenvalue weighted by Crippen LogP contribution is -2.24. The Kier molecular flexibility index (Phi) is 15.1. The summed E-state index contributed by atoms with van der Waals surface area (Å²) in [5, 5.41) is 0. The van der Waals surface area contributed by atoms with E-state index in [1.54, 1.807) is 0 Å². The van der Waals surface area contributed by atoms with Crippen molar-refractivity contribution in [3.8, 4) is 0 Å². The number of aromatic nitrogens is 2. The fourth-order valence-corrected chi connectivity index (χ4v) is 2.40. The van der Waals surface area contributed by atoms with Crippen LogP contribution < -0.4 is 0 Å². The van der Waals surface area contributed by atoms with Crippen molar-refractivity contribution in [2.45, 2.75) is 81.7 Å². The van der Waals surface area contributed by atoms with Crippen LogP contribution in [0, 0.1) is 20.8 Å². The van der Waals surface area contributed by atoms with E-state index in [-0.39, 0.29) is 0 Å². The summed E-state index contributed by atoms with van der Waals surface area (Å²) in [6.07, 6.45) is 2.75. The average Bonchev–Trinajstić information content (AvgIpc) is 3.14. The van der Waals surface area contributed by atoms with E-state index in [9.17, 15) is 0 Å². The van der Waals surface area contributed by atoms with Gasteiger partial charge in [-0.3, -0.25) is 0 Å². The first kappa shape index (κ1) is 22.5. The summed E-state index contributed by atoms with van der Waals surface area (Å²) in [4.78, 5) is 7.05. The first-order valence-electron chi connectivity index (χ1n) is 8.91. The van der Waals surface area contributed by atoms with Gasteiger partial charge in [0.2, 0.25) is 0 Å². The number of hydrogen-bond acceptors (Lipinski definition) is 2. The third-order valence-electron chi connectivity index (χ3n) is 3.49. The van der Waals surface area contributed by atoms with Gasteiger partial charge in [0.25, 0.3) is 0 Å². The van der Waals surface area contributed by atoms with Crippen molar-refractivity contribution in [2.24, 2.45) is 0 Å². The molecule has 0 unspecified atom stereocenters. The minimum absolute atomic E-state index is 1.10. The summed E-state index contributed by atoms with van der Waals surface area (Å²) in [5.74, 6) is 1.16. The van der Waals surface area contributed by atoms with E-state index < -0.39 is 0 Å². The molecule has 0 aromatic carbocycles. The van der Waals surface area contributed by atoms with E-state index in [4.69, 9.17) is 0 Å². The fraction of sp³-hybridized carbons (Fsp3) is 0.833. The zero-order valence-electron chi connectivity index (χ0n) is 16.1. The van der Waals surface area contributed by atoms with E-state index in [0.29, 0.717) is 0 Å². The molecule has 1 fully saturated rings. The number of nitrogens with zero attached hydrogens (tertiary/aromatic N) is 3. The van der Waals surface area contributed by atoms with Gasteiger partial charge in [0.05, 0.1) is 5.69 Å². The molecular formula is C18H39N3. The molecule has 0 amide bonds. The van der Waals surface area contributed by atoms with E-state index in [1.807, 2.05) is 41.5 Å². The van der Waals surface area contributed by atoms with Crippen LogP contribution in [0.3, 0.4) is 0 Å². The highest BCUT2D eigenvalue weighted by molar-refractivity contribution is 5.13. The molecule has 3 nitrogen and oxygen atoms in total. The maximum absolute atomic E-state index is 4.50. The van der Waals surface area contributed by atoms with Crippen molar-refractivity contribution in [1.29, 1.82) is 0 Å². The average molecular weight is 298 g/mol. The summed E-state index contributed by atoms with van der Waals surface area (Å²) in [5.41, 5.74) is 2.50. The highest BCUT2D eigenvalue weighted by atomic mass is 15.2. The Hall–Kier alpha value is -0.830. The van der Waals surface area contributed by atoms with Crippen molar-refractivity contribution >= 4 is 0 Å². The lowest BCUT2D eigenvalue weighted by Gasteiger charge is -2.16. The minimum Gasteiger partial charge on any atom is -0.331 e. The number of likely N-dealkylation sites (tertiary alicyclic amines) is 1. The molecule has 126 valence electrons. The van der Waals surface area contributed by atoms with Gasteiger partial charge in [-0.1, -0.05) is 41.5 Å². The van der Waals surface area contributed by atoms with E-state index >= 15 is 0 Å². The largest absolute Gasteiger partial charge is 0.331 e. The SMILES string of the molecule is CC.CC.CC.Cc1nc(C)n(CCN2CCCC2)c1C. The van der Waals surface area contributed by atoms with Crippen LogP contribution in [-0.2, 0) is 6.54 Å². The third-order valence-corrected chi connectivity index (χ3v) is 3.49. The Bertz CT molecular complexity index is 336. The van der Waals surface area contributed by atoms with Gasteiger partial charge in [0.15, 0.2) is 0 Å². The first-order valence-corrected chi connectivity index (χ1v) is 8.91. The van der Waals surface area contributed by atoms with Crippen LogP contribution in [0.5, 0.6) is 0 Å². The molecule has 0 spiro atoms. The number of imidazole rings is 1. The molecule has 3 heteroatoms. The third kappa shape index (κ3) is 7.66. The molecule has 0 N–H and O–H groups in total. The lowest BCUT2D eigenvalue weighted by molar-refractivity contribution is 0.320. The van der Waals surface area contributed by atoms with Gasteiger partial charge in [-0.15, -0.1) is 0 Å². The summed E-state index contributed by atoms with van der Waals surface area (Å²) < 4.78 is 2.34. The van der Waals surface area contributed by atoms with E-state index in [2.05, 4.69) is 35.2 Å². The van der Waals surface area contributed by atoms with Crippen molar-refractivity contribution in [3.05, 3.63) is 17.2 Å². The van der Waals surface area contributed by atoms with Crippen LogP contribution >= 0.6 is 0 Å². The van der Waals surface area contributed by atoms with Gasteiger partial charge >= 0.3 is 0 Å². The fourth-order valence-electron chi connectivity index (χ4n) is 2.40. The molecule has 21 heavy (non-hydrogen) atoms. The molecule has 1 aromatic rings. The highest BCUT2D eigenvalue weighted by Gasteiger charge is 2.13. The van der Waals surface area contributed by atoms with Crippen molar-refractivity contribution in [3.63, 3.8) is 0 Å². The Morgan fingerprint density at radius 2 is 1.29 bits per heavy atom. The molecule has 1 aliphatic heterocycles. The standard InChI is InChI=1S/C12H21N3.3C2H6/c1-10-11(2)15(12(3)13-10)9-8-14-6-4-5-7-14;3*1-2/h4-9H2,1-3H3;3*1-2H3. The van der Waals surface area contributed by atoms with Crippen molar-refractivity contribution < 1.29 is 0 Å². The number of hydrogen-bond donors (Lipinski definition) is 0. The zero-order chi connectivity index (χ0) is 16.8. The predicted octanol–water partition coefficient (Wildman–Crippen LogP) is 4.98. The second-order valence-corrected chi connectivity index (χ2v) is 4.53. The van der Waals surface area contributed by atoms with Crippen LogP contribution in [0.2, 0.25) is 0 Å². The van der Waals surface area contributed by atoms with Gasteiger partial charge in [0, 0.05) is 18.8 Å². The normalized spacial score (nSPS) is 13.4. The topological polar surface area (TPSA) is 21.1 Å². The molecule has 1 aliphatic rings. The lowest BCUT2D eigenvalue weighted by atomic mass is 10.4. The van der Waals surface area contributed by atoms with Crippen LogP contribution in [0.1, 0.15) is 71.6 Å². The summed E-state index contributed by atoms with van der Waals surface area (Å²) in [7, 11) is 0. The quantitative estimate of drug-likeness (QED) is 0.784. The molecule has 0 atom stereocenters.